The monoisotopic (exact) mass is 481 g/mol. The van der Waals surface area contributed by atoms with Gasteiger partial charge in [0.05, 0.1) is 12.5 Å². The zero-order chi connectivity index (χ0) is 25.1. The van der Waals surface area contributed by atoms with Crippen LogP contribution >= 0.6 is 0 Å². The number of amides is 2. The van der Waals surface area contributed by atoms with Crippen molar-refractivity contribution in [2.75, 3.05) is 26.2 Å². The number of carbonyl (C=O) groups excluding carboxylic acids is 3. The van der Waals surface area contributed by atoms with Gasteiger partial charge in [-0.2, -0.15) is 0 Å². The van der Waals surface area contributed by atoms with E-state index in [1.807, 2.05) is 20.8 Å². The van der Waals surface area contributed by atoms with E-state index in [9.17, 15) is 14.4 Å². The molecule has 1 aromatic carbocycles. The molecule has 2 unspecified atom stereocenters. The Balaban J connectivity index is 1.52. The largest absolute Gasteiger partial charge is 0.466 e. The molecule has 0 radical (unpaired) electrons. The number of aryl methyl sites for hydroxylation is 3. The molecule has 2 aliphatic rings. The van der Waals surface area contributed by atoms with Gasteiger partial charge in [0.2, 0.25) is 5.91 Å². The third-order valence-corrected chi connectivity index (χ3v) is 7.05. The van der Waals surface area contributed by atoms with Crippen LogP contribution in [0.25, 0.3) is 11.3 Å². The number of nitrogens with zero attached hydrogens (tertiary/aromatic N) is 3. The first-order chi connectivity index (χ1) is 16.8. The van der Waals surface area contributed by atoms with Gasteiger partial charge in [-0.25, -0.2) is 0 Å². The second kappa shape index (κ2) is 10.6. The smallest absolute Gasteiger partial charge is 0.310 e. The fourth-order valence-electron chi connectivity index (χ4n) is 5.48. The minimum absolute atomic E-state index is 0.0963. The Kier molecular flexibility index (Phi) is 7.57. The number of esters is 1. The van der Waals surface area contributed by atoms with Crippen LogP contribution in [0.2, 0.25) is 0 Å². The van der Waals surface area contributed by atoms with E-state index in [1.54, 1.807) is 22.8 Å². The summed E-state index contributed by atoms with van der Waals surface area (Å²) in [5.74, 6) is -0.394. The van der Waals surface area contributed by atoms with Crippen molar-refractivity contribution in [2.24, 2.45) is 5.92 Å². The Labute approximate surface area is 206 Å². The average molecular weight is 482 g/mol. The second-order valence-corrected chi connectivity index (χ2v) is 9.74. The SMILES string of the molecule is CCOC(=O)C1CCCN(C(=O)C2CCCCN2C(=O)c2cc(-c3c(C)cc(C)cc3C)on2)C1. The van der Waals surface area contributed by atoms with Crippen LogP contribution in [0.5, 0.6) is 0 Å². The highest BCUT2D eigenvalue weighted by atomic mass is 16.5. The molecule has 3 heterocycles. The lowest BCUT2D eigenvalue weighted by Crippen LogP contribution is -2.55. The van der Waals surface area contributed by atoms with Gasteiger partial charge >= 0.3 is 5.97 Å². The molecule has 0 N–H and O–H groups in total. The molecule has 2 amide bonds. The molecule has 2 saturated heterocycles. The first-order valence-electron chi connectivity index (χ1n) is 12.6. The number of ether oxygens (including phenoxy) is 1. The van der Waals surface area contributed by atoms with Crippen molar-refractivity contribution in [3.05, 3.63) is 40.6 Å². The van der Waals surface area contributed by atoms with E-state index in [0.717, 1.165) is 47.9 Å². The standard InChI is InChI=1S/C27H35N3O5/c1-5-34-27(33)20-9-8-11-29(16-20)26(32)22-10-6-7-12-30(22)25(31)21-15-23(35-28-21)24-18(3)13-17(2)14-19(24)4/h13-15,20,22H,5-12,16H2,1-4H3. The van der Waals surface area contributed by atoms with Gasteiger partial charge in [0.1, 0.15) is 6.04 Å². The predicted molar refractivity (Wildman–Crippen MR) is 131 cm³/mol. The maximum atomic E-state index is 13.5. The van der Waals surface area contributed by atoms with E-state index in [4.69, 9.17) is 9.26 Å². The highest BCUT2D eigenvalue weighted by Gasteiger charge is 2.38. The minimum atomic E-state index is -0.555. The molecule has 2 atom stereocenters. The van der Waals surface area contributed by atoms with Crippen molar-refractivity contribution in [3.8, 4) is 11.3 Å². The molecule has 188 valence electrons. The zero-order valence-electron chi connectivity index (χ0n) is 21.1. The van der Waals surface area contributed by atoms with Gasteiger partial charge < -0.3 is 19.1 Å². The lowest BCUT2D eigenvalue weighted by atomic mass is 9.95. The Morgan fingerprint density at radius 2 is 1.77 bits per heavy atom. The molecule has 1 aromatic heterocycles. The van der Waals surface area contributed by atoms with Crippen molar-refractivity contribution < 1.29 is 23.6 Å². The van der Waals surface area contributed by atoms with Crippen LogP contribution in [0.15, 0.2) is 22.7 Å². The van der Waals surface area contributed by atoms with Gasteiger partial charge in [-0.05, 0) is 70.9 Å². The van der Waals surface area contributed by atoms with Gasteiger partial charge in [0, 0.05) is 31.3 Å². The zero-order valence-corrected chi connectivity index (χ0v) is 21.1. The summed E-state index contributed by atoms with van der Waals surface area (Å²) in [5.41, 5.74) is 4.43. The number of hydrogen-bond donors (Lipinski definition) is 0. The summed E-state index contributed by atoms with van der Waals surface area (Å²) in [4.78, 5) is 42.6. The number of carbonyl (C=O) groups is 3. The van der Waals surface area contributed by atoms with Crippen LogP contribution in [0, 0.1) is 26.7 Å². The van der Waals surface area contributed by atoms with Crippen molar-refractivity contribution in [2.45, 2.75) is 65.8 Å². The lowest BCUT2D eigenvalue weighted by molar-refractivity contribution is -0.152. The van der Waals surface area contributed by atoms with Gasteiger partial charge in [-0.1, -0.05) is 22.9 Å². The summed E-state index contributed by atoms with van der Waals surface area (Å²) in [5, 5.41) is 4.08. The maximum Gasteiger partial charge on any atom is 0.310 e. The molecular formula is C27H35N3O5. The molecular weight excluding hydrogens is 446 g/mol. The summed E-state index contributed by atoms with van der Waals surface area (Å²) in [6.45, 7) is 9.62. The first-order valence-corrected chi connectivity index (χ1v) is 12.6. The van der Waals surface area contributed by atoms with Crippen LogP contribution in [-0.2, 0) is 14.3 Å². The summed E-state index contributed by atoms with van der Waals surface area (Å²) >= 11 is 0. The number of piperidine rings is 2. The van der Waals surface area contributed by atoms with E-state index in [2.05, 4.69) is 17.3 Å². The Hall–Kier alpha value is -3.16. The van der Waals surface area contributed by atoms with E-state index in [0.29, 0.717) is 38.4 Å². The normalized spacial score (nSPS) is 20.6. The third-order valence-electron chi connectivity index (χ3n) is 7.05. The highest BCUT2D eigenvalue weighted by molar-refractivity contribution is 5.97. The molecule has 8 heteroatoms. The molecule has 0 aliphatic carbocycles. The molecule has 2 aliphatic heterocycles. The molecule has 0 saturated carbocycles. The van der Waals surface area contributed by atoms with Gasteiger partial charge in [0.25, 0.3) is 5.91 Å². The van der Waals surface area contributed by atoms with Crippen LogP contribution in [0.1, 0.15) is 66.2 Å². The summed E-state index contributed by atoms with van der Waals surface area (Å²) in [7, 11) is 0. The van der Waals surface area contributed by atoms with Crippen molar-refractivity contribution in [1.29, 1.82) is 0 Å². The molecule has 4 rings (SSSR count). The number of likely N-dealkylation sites (tertiary alicyclic amines) is 2. The molecule has 0 spiro atoms. The van der Waals surface area contributed by atoms with Crippen LogP contribution in [-0.4, -0.2) is 65.0 Å². The highest BCUT2D eigenvalue weighted by Crippen LogP contribution is 2.30. The molecule has 8 nitrogen and oxygen atoms in total. The van der Waals surface area contributed by atoms with E-state index in [1.165, 1.54) is 0 Å². The van der Waals surface area contributed by atoms with Gasteiger partial charge in [0.15, 0.2) is 11.5 Å². The lowest BCUT2D eigenvalue weighted by Gasteiger charge is -2.39. The van der Waals surface area contributed by atoms with E-state index in [-0.39, 0.29) is 29.4 Å². The van der Waals surface area contributed by atoms with E-state index < -0.39 is 6.04 Å². The molecule has 0 bridgehead atoms. The topological polar surface area (TPSA) is 93.0 Å². The van der Waals surface area contributed by atoms with E-state index >= 15 is 0 Å². The number of benzene rings is 1. The number of hydrogen-bond acceptors (Lipinski definition) is 6. The van der Waals surface area contributed by atoms with Crippen LogP contribution in [0.4, 0.5) is 0 Å². The summed E-state index contributed by atoms with van der Waals surface area (Å²) in [6, 6.07) is 5.28. The van der Waals surface area contributed by atoms with Crippen molar-refractivity contribution in [1.82, 2.24) is 15.0 Å². The first kappa shape index (κ1) is 24.9. The number of aromatic nitrogens is 1. The van der Waals surface area contributed by atoms with Gasteiger partial charge in [-0.15, -0.1) is 0 Å². The average Bonchev–Trinajstić information content (AvgIpc) is 3.32. The fraction of sp³-hybridized carbons (Fsp3) is 0.556. The van der Waals surface area contributed by atoms with Crippen LogP contribution in [0.3, 0.4) is 0 Å². The Morgan fingerprint density at radius 3 is 2.49 bits per heavy atom. The van der Waals surface area contributed by atoms with Crippen molar-refractivity contribution in [3.63, 3.8) is 0 Å². The Bertz CT molecular complexity index is 1080. The minimum Gasteiger partial charge on any atom is -0.466 e. The maximum absolute atomic E-state index is 13.5. The molecule has 2 fully saturated rings. The third kappa shape index (κ3) is 5.26. The predicted octanol–water partition coefficient (Wildman–Crippen LogP) is 4.06. The van der Waals surface area contributed by atoms with Gasteiger partial charge in [-0.3, -0.25) is 14.4 Å². The van der Waals surface area contributed by atoms with Crippen molar-refractivity contribution >= 4 is 17.8 Å². The quantitative estimate of drug-likeness (QED) is 0.598. The molecule has 35 heavy (non-hydrogen) atoms. The Morgan fingerprint density at radius 1 is 1.03 bits per heavy atom. The summed E-state index contributed by atoms with van der Waals surface area (Å²) < 4.78 is 10.8. The molecule has 2 aromatic rings. The fourth-order valence-corrected chi connectivity index (χ4v) is 5.48. The second-order valence-electron chi connectivity index (χ2n) is 9.74. The van der Waals surface area contributed by atoms with Crippen LogP contribution < -0.4 is 0 Å². The summed E-state index contributed by atoms with van der Waals surface area (Å²) in [6.07, 6.45) is 3.78. The number of rotatable bonds is 5.